The Morgan fingerprint density at radius 3 is 1.60 bits per heavy atom. The van der Waals surface area contributed by atoms with Gasteiger partial charge in [-0.05, 0) is 64.2 Å². The van der Waals surface area contributed by atoms with E-state index in [4.69, 9.17) is 9.47 Å². The van der Waals surface area contributed by atoms with Crippen LogP contribution in [0.2, 0.25) is 0 Å². The number of aliphatic hydroxyl groups excluding tert-OH is 5. The average molecular weight is 752 g/mol. The van der Waals surface area contributed by atoms with E-state index in [2.05, 4.69) is 43.5 Å². The summed E-state index contributed by atoms with van der Waals surface area (Å²) in [7, 11) is 0. The van der Waals surface area contributed by atoms with Gasteiger partial charge in [-0.15, -0.1) is 0 Å². The standard InChI is InChI=1S/C44H81NO8/c1-3-5-7-9-11-13-15-17-18-19-20-22-24-26-28-30-32-34-40(48)45-37(36-52-44-43(51)42(50)41(49)39(35-46)53-44)38(47)33-31-29-27-25-23-21-16-14-12-10-8-6-4-2/h8,10,17-18,31,33,37-39,41-44,46-47,49-51H,3-7,9,11-16,19-30,32,34-36H2,1-2H3,(H,45,48)/b10-8-,18-17-,33-31+/t37-,38+,39+,41-,42?,43?,44+/m0/s1. The van der Waals surface area contributed by atoms with Gasteiger partial charge in [0.2, 0.25) is 5.91 Å². The van der Waals surface area contributed by atoms with Crippen LogP contribution < -0.4 is 5.32 Å². The molecule has 0 saturated carbocycles. The maximum atomic E-state index is 12.9. The van der Waals surface area contributed by atoms with E-state index in [1.165, 1.54) is 109 Å². The molecule has 0 aromatic carbocycles. The smallest absolute Gasteiger partial charge is 0.220 e. The van der Waals surface area contributed by atoms with Crippen LogP contribution in [-0.2, 0) is 14.3 Å². The third kappa shape index (κ3) is 26.0. The largest absolute Gasteiger partial charge is 0.394 e. The quantitative estimate of drug-likeness (QED) is 0.0279. The van der Waals surface area contributed by atoms with Crippen LogP contribution >= 0.6 is 0 Å². The Hall–Kier alpha value is -1.59. The summed E-state index contributed by atoms with van der Waals surface area (Å²) in [6.45, 7) is 3.69. The van der Waals surface area contributed by atoms with Gasteiger partial charge in [0.15, 0.2) is 6.29 Å². The molecule has 0 aromatic rings. The van der Waals surface area contributed by atoms with E-state index in [1.807, 2.05) is 6.08 Å². The molecule has 1 rings (SSSR count). The number of carbonyl (C=O) groups excluding carboxylic acids is 1. The minimum atomic E-state index is -1.57. The zero-order chi connectivity index (χ0) is 38.8. The van der Waals surface area contributed by atoms with Gasteiger partial charge in [-0.2, -0.15) is 0 Å². The van der Waals surface area contributed by atoms with Crippen molar-refractivity contribution in [2.24, 2.45) is 0 Å². The fourth-order valence-corrected chi connectivity index (χ4v) is 6.62. The number of hydrogen-bond donors (Lipinski definition) is 6. The first-order chi connectivity index (χ1) is 25.8. The highest BCUT2D eigenvalue weighted by Gasteiger charge is 2.44. The fourth-order valence-electron chi connectivity index (χ4n) is 6.62. The summed E-state index contributed by atoms with van der Waals surface area (Å²) >= 11 is 0. The minimum Gasteiger partial charge on any atom is -0.394 e. The molecule has 0 aliphatic carbocycles. The van der Waals surface area contributed by atoms with Crippen LogP contribution in [0.4, 0.5) is 0 Å². The van der Waals surface area contributed by atoms with Crippen LogP contribution in [0.25, 0.3) is 0 Å². The van der Waals surface area contributed by atoms with Gasteiger partial charge in [0.05, 0.1) is 25.4 Å². The highest BCUT2D eigenvalue weighted by molar-refractivity contribution is 5.76. The maximum absolute atomic E-state index is 12.9. The summed E-state index contributed by atoms with van der Waals surface area (Å²) in [6.07, 6.45) is 34.7. The predicted molar refractivity (Wildman–Crippen MR) is 216 cm³/mol. The summed E-state index contributed by atoms with van der Waals surface area (Å²) < 4.78 is 11.2. The second kappa shape index (κ2) is 34.9. The zero-order valence-corrected chi connectivity index (χ0v) is 33.8. The van der Waals surface area contributed by atoms with E-state index in [9.17, 15) is 30.3 Å². The third-order valence-electron chi connectivity index (χ3n) is 10.2. The molecular formula is C44H81NO8. The number of hydrogen-bond acceptors (Lipinski definition) is 8. The second-order valence-corrected chi connectivity index (χ2v) is 15.1. The first kappa shape index (κ1) is 49.4. The number of allylic oxidation sites excluding steroid dienone is 5. The van der Waals surface area contributed by atoms with Gasteiger partial charge in [-0.3, -0.25) is 4.79 Å². The number of aliphatic hydroxyl groups is 5. The van der Waals surface area contributed by atoms with Crippen LogP contribution in [0.3, 0.4) is 0 Å². The molecule has 1 saturated heterocycles. The number of rotatable bonds is 35. The Morgan fingerprint density at radius 1 is 0.623 bits per heavy atom. The van der Waals surface area contributed by atoms with Crippen molar-refractivity contribution in [2.45, 2.75) is 224 Å². The van der Waals surface area contributed by atoms with Gasteiger partial charge in [-0.1, -0.05) is 147 Å². The van der Waals surface area contributed by atoms with Gasteiger partial charge in [-0.25, -0.2) is 0 Å². The Kier molecular flexibility index (Phi) is 32.5. The van der Waals surface area contributed by atoms with Gasteiger partial charge in [0, 0.05) is 6.42 Å². The second-order valence-electron chi connectivity index (χ2n) is 15.1. The first-order valence-corrected chi connectivity index (χ1v) is 21.7. The Labute approximate surface area is 323 Å². The molecule has 0 spiro atoms. The Morgan fingerprint density at radius 2 is 1.09 bits per heavy atom. The molecule has 9 nitrogen and oxygen atoms in total. The van der Waals surface area contributed by atoms with E-state index in [0.717, 1.165) is 51.4 Å². The predicted octanol–water partition coefficient (Wildman–Crippen LogP) is 8.50. The van der Waals surface area contributed by atoms with Crippen LogP contribution in [0.1, 0.15) is 181 Å². The van der Waals surface area contributed by atoms with Crippen LogP contribution in [-0.4, -0.2) is 87.5 Å². The lowest BCUT2D eigenvalue weighted by Crippen LogP contribution is -2.60. The number of ether oxygens (including phenoxy) is 2. The first-order valence-electron chi connectivity index (χ1n) is 21.7. The normalized spacial score (nSPS) is 22.0. The molecule has 2 unspecified atom stereocenters. The fraction of sp³-hybridized carbons (Fsp3) is 0.841. The molecular weight excluding hydrogens is 670 g/mol. The zero-order valence-electron chi connectivity index (χ0n) is 33.8. The van der Waals surface area contributed by atoms with Gasteiger partial charge in [0.1, 0.15) is 24.4 Å². The number of nitrogens with one attached hydrogen (secondary N) is 1. The number of carbonyl (C=O) groups is 1. The Bertz CT molecular complexity index is 925. The number of unbranched alkanes of at least 4 members (excludes halogenated alkanes) is 21. The molecule has 1 aliphatic rings. The summed E-state index contributed by atoms with van der Waals surface area (Å²) in [6, 6.07) is -0.808. The van der Waals surface area contributed by atoms with Crippen molar-refractivity contribution in [3.8, 4) is 0 Å². The van der Waals surface area contributed by atoms with Gasteiger partial charge < -0.3 is 40.3 Å². The summed E-state index contributed by atoms with van der Waals surface area (Å²) in [5.41, 5.74) is 0. The molecule has 9 heteroatoms. The molecule has 6 N–H and O–H groups in total. The topological polar surface area (TPSA) is 149 Å². The monoisotopic (exact) mass is 752 g/mol. The van der Waals surface area contributed by atoms with Crippen molar-refractivity contribution in [3.05, 3.63) is 36.5 Å². The van der Waals surface area contributed by atoms with Gasteiger partial charge in [0.25, 0.3) is 0 Å². The molecule has 0 bridgehead atoms. The van der Waals surface area contributed by atoms with Crippen LogP contribution in [0.5, 0.6) is 0 Å². The van der Waals surface area contributed by atoms with Crippen LogP contribution in [0, 0.1) is 0 Å². The van der Waals surface area contributed by atoms with Gasteiger partial charge >= 0.3 is 0 Å². The maximum Gasteiger partial charge on any atom is 0.220 e. The van der Waals surface area contributed by atoms with E-state index >= 15 is 0 Å². The molecule has 0 radical (unpaired) electrons. The lowest BCUT2D eigenvalue weighted by atomic mass is 9.99. The van der Waals surface area contributed by atoms with E-state index in [-0.39, 0.29) is 12.5 Å². The molecule has 310 valence electrons. The molecule has 1 fully saturated rings. The molecule has 1 heterocycles. The van der Waals surface area contributed by atoms with Crippen LogP contribution in [0.15, 0.2) is 36.5 Å². The lowest BCUT2D eigenvalue weighted by molar-refractivity contribution is -0.302. The summed E-state index contributed by atoms with van der Waals surface area (Å²) in [4.78, 5) is 12.9. The highest BCUT2D eigenvalue weighted by atomic mass is 16.7. The summed E-state index contributed by atoms with van der Waals surface area (Å²) in [5, 5.41) is 54.1. The van der Waals surface area contributed by atoms with Crippen molar-refractivity contribution in [1.29, 1.82) is 0 Å². The van der Waals surface area contributed by atoms with E-state index in [0.29, 0.717) is 6.42 Å². The minimum absolute atomic E-state index is 0.187. The molecule has 1 amide bonds. The lowest BCUT2D eigenvalue weighted by Gasteiger charge is -2.40. The third-order valence-corrected chi connectivity index (χ3v) is 10.2. The Balaban J connectivity index is 2.39. The van der Waals surface area contributed by atoms with E-state index < -0.39 is 49.5 Å². The average Bonchev–Trinajstić information content (AvgIpc) is 3.16. The van der Waals surface area contributed by atoms with Crippen molar-refractivity contribution >= 4 is 5.91 Å². The van der Waals surface area contributed by atoms with Crippen molar-refractivity contribution in [3.63, 3.8) is 0 Å². The molecule has 7 atom stereocenters. The summed E-state index contributed by atoms with van der Waals surface area (Å²) in [5.74, 6) is -0.187. The SMILES string of the molecule is CCC/C=C\CCCCCCCC/C=C/[C@@H](O)[C@H](CO[C@@H]1O[C@H](CO)[C@H](O)C(O)C1O)NC(=O)CCCCCCCCC/C=C\CCCCCCCC. The molecule has 53 heavy (non-hydrogen) atoms. The number of amides is 1. The molecule has 1 aliphatic heterocycles. The van der Waals surface area contributed by atoms with Crippen molar-refractivity contribution in [2.75, 3.05) is 13.2 Å². The molecule has 0 aromatic heterocycles. The van der Waals surface area contributed by atoms with E-state index in [1.54, 1.807) is 6.08 Å². The van der Waals surface area contributed by atoms with Crippen molar-refractivity contribution < 1.29 is 39.8 Å². The van der Waals surface area contributed by atoms with Crippen molar-refractivity contribution in [1.82, 2.24) is 5.32 Å². The highest BCUT2D eigenvalue weighted by Crippen LogP contribution is 2.22.